The number of fused-ring (bicyclic) bond motifs is 1. The number of aryl methyl sites for hydroxylation is 1. The van der Waals surface area contributed by atoms with Gasteiger partial charge in [-0.3, -0.25) is 10.1 Å². The number of rotatable bonds is 3. The zero-order valence-electron chi connectivity index (χ0n) is 11.3. The summed E-state index contributed by atoms with van der Waals surface area (Å²) in [6.07, 6.45) is 1.47. The molecule has 106 valence electrons. The first-order valence-corrected chi connectivity index (χ1v) is 6.27. The van der Waals surface area contributed by atoms with Crippen molar-refractivity contribution < 1.29 is 9.21 Å². The molecule has 0 aliphatic carbocycles. The van der Waals surface area contributed by atoms with E-state index in [1.54, 1.807) is 13.0 Å². The van der Waals surface area contributed by atoms with E-state index in [0.29, 0.717) is 22.6 Å². The van der Waals surface area contributed by atoms with Crippen molar-refractivity contribution in [1.29, 1.82) is 0 Å². The number of oxazole rings is 1. The third-order valence-electron chi connectivity index (χ3n) is 2.95. The van der Waals surface area contributed by atoms with E-state index in [9.17, 15) is 4.79 Å². The van der Waals surface area contributed by atoms with Crippen LogP contribution in [-0.2, 0) is 0 Å². The summed E-state index contributed by atoms with van der Waals surface area (Å²) in [6.45, 7) is 1.78. The fourth-order valence-electron chi connectivity index (χ4n) is 2.01. The Kier molecular flexibility index (Phi) is 3.25. The highest BCUT2D eigenvalue weighted by molar-refractivity contribution is 6.12. The number of nitrogens with two attached hydrogens (primary N) is 1. The summed E-state index contributed by atoms with van der Waals surface area (Å²) in [4.78, 5) is 20.7. The number of hydrogen-bond donors (Lipinski definition) is 3. The van der Waals surface area contributed by atoms with Crippen LogP contribution >= 0.6 is 0 Å². The first-order chi connectivity index (χ1) is 10.2. The van der Waals surface area contributed by atoms with E-state index < -0.39 is 0 Å². The van der Waals surface area contributed by atoms with Gasteiger partial charge >= 0.3 is 6.01 Å². The van der Waals surface area contributed by atoms with Gasteiger partial charge in [-0.05, 0) is 19.1 Å². The van der Waals surface area contributed by atoms with Crippen molar-refractivity contribution in [2.45, 2.75) is 6.92 Å². The second-order valence-electron chi connectivity index (χ2n) is 4.46. The number of hydrogen-bond acceptors (Lipinski definition) is 6. The first-order valence-electron chi connectivity index (χ1n) is 6.27. The Morgan fingerprint density at radius 1 is 1.29 bits per heavy atom. The number of anilines is 2. The number of benzene rings is 1. The van der Waals surface area contributed by atoms with Gasteiger partial charge in [0, 0.05) is 5.39 Å². The summed E-state index contributed by atoms with van der Waals surface area (Å²) in [6, 6.07) is 9.04. The fourth-order valence-corrected chi connectivity index (χ4v) is 2.01. The number of hydrazine groups is 1. The minimum Gasteiger partial charge on any atom is -0.432 e. The Balaban J connectivity index is 2.03. The number of amides is 1. The number of nitrogens with one attached hydrogen (secondary N) is 2. The van der Waals surface area contributed by atoms with Gasteiger partial charge in [0.15, 0.2) is 0 Å². The van der Waals surface area contributed by atoms with E-state index in [0.717, 1.165) is 5.39 Å². The van der Waals surface area contributed by atoms with Gasteiger partial charge in [-0.2, -0.15) is 4.98 Å². The molecule has 0 spiro atoms. The molecule has 2 heterocycles. The maximum atomic E-state index is 12.4. The molecule has 2 aromatic heterocycles. The number of pyridine rings is 1. The maximum Gasteiger partial charge on any atom is 0.301 e. The molecule has 0 bridgehead atoms. The summed E-state index contributed by atoms with van der Waals surface area (Å²) in [7, 11) is 0. The summed E-state index contributed by atoms with van der Waals surface area (Å²) >= 11 is 0. The van der Waals surface area contributed by atoms with Gasteiger partial charge in [0.1, 0.15) is 12.1 Å². The minimum atomic E-state index is -0.341. The predicted octanol–water partition coefficient (Wildman–Crippen LogP) is 2.07. The van der Waals surface area contributed by atoms with Gasteiger partial charge in [-0.25, -0.2) is 10.8 Å². The van der Waals surface area contributed by atoms with E-state index in [-0.39, 0.29) is 11.9 Å². The van der Waals surface area contributed by atoms with Crippen LogP contribution in [0.5, 0.6) is 0 Å². The average molecular weight is 283 g/mol. The fraction of sp³-hybridized carbons (Fsp3) is 0.0714. The number of carbonyl (C=O) groups is 1. The van der Waals surface area contributed by atoms with Crippen LogP contribution in [0.2, 0.25) is 0 Å². The lowest BCUT2D eigenvalue weighted by atomic mass is 10.1. The van der Waals surface area contributed by atoms with E-state index in [1.165, 1.54) is 6.26 Å². The predicted molar refractivity (Wildman–Crippen MR) is 78.7 cm³/mol. The number of aromatic nitrogens is 2. The summed E-state index contributed by atoms with van der Waals surface area (Å²) in [5.41, 5.74) is 4.24. The van der Waals surface area contributed by atoms with Gasteiger partial charge in [0.2, 0.25) is 0 Å². The molecule has 3 aromatic rings. The molecule has 3 rings (SSSR count). The number of para-hydroxylation sites is 1. The molecule has 0 radical (unpaired) electrons. The highest BCUT2D eigenvalue weighted by Crippen LogP contribution is 2.21. The molecule has 7 nitrogen and oxygen atoms in total. The van der Waals surface area contributed by atoms with Gasteiger partial charge < -0.3 is 9.84 Å². The molecule has 1 aromatic carbocycles. The van der Waals surface area contributed by atoms with Crippen molar-refractivity contribution in [1.82, 2.24) is 9.97 Å². The van der Waals surface area contributed by atoms with Crippen LogP contribution in [0, 0.1) is 6.92 Å². The van der Waals surface area contributed by atoms with Crippen molar-refractivity contribution in [3.8, 4) is 0 Å². The summed E-state index contributed by atoms with van der Waals surface area (Å²) in [5.74, 6) is 5.45. The van der Waals surface area contributed by atoms with Crippen molar-refractivity contribution in [3.05, 3.63) is 47.9 Å². The topological polar surface area (TPSA) is 106 Å². The molecule has 1 amide bonds. The standard InChI is InChI=1S/C14H13N5O2/c1-8-7-21-14(16-8)18-13(20)10-6-12(19-15)17-11-5-3-2-4-9(10)11/h2-7H,15H2,1H3,(H,17,19)(H,16,18,20). The SMILES string of the molecule is Cc1coc(NC(=O)c2cc(NN)nc3ccccc23)n1. The lowest BCUT2D eigenvalue weighted by Crippen LogP contribution is -2.15. The third kappa shape index (κ3) is 2.54. The zero-order valence-corrected chi connectivity index (χ0v) is 11.3. The van der Waals surface area contributed by atoms with Crippen LogP contribution in [-0.4, -0.2) is 15.9 Å². The summed E-state index contributed by atoms with van der Waals surface area (Å²) in [5, 5.41) is 3.33. The van der Waals surface area contributed by atoms with Crippen LogP contribution in [0.25, 0.3) is 10.9 Å². The van der Waals surface area contributed by atoms with E-state index in [1.807, 2.05) is 24.3 Å². The van der Waals surface area contributed by atoms with Crippen LogP contribution in [0.15, 0.2) is 41.0 Å². The Morgan fingerprint density at radius 2 is 2.10 bits per heavy atom. The van der Waals surface area contributed by atoms with Crippen LogP contribution in [0.1, 0.15) is 16.1 Å². The van der Waals surface area contributed by atoms with Crippen molar-refractivity contribution in [2.75, 3.05) is 10.7 Å². The molecule has 0 atom stereocenters. The molecule has 21 heavy (non-hydrogen) atoms. The number of nitrogen functional groups attached to an aromatic ring is 1. The highest BCUT2D eigenvalue weighted by Gasteiger charge is 2.14. The van der Waals surface area contributed by atoms with Gasteiger partial charge in [0.25, 0.3) is 5.91 Å². The molecule has 0 aliphatic rings. The quantitative estimate of drug-likeness (QED) is 0.502. The molecule has 0 aliphatic heterocycles. The first kappa shape index (κ1) is 13.1. The molecule has 0 unspecified atom stereocenters. The minimum absolute atomic E-state index is 0.153. The Bertz CT molecular complexity index is 812. The highest BCUT2D eigenvalue weighted by atomic mass is 16.4. The lowest BCUT2D eigenvalue weighted by Gasteiger charge is -2.08. The molecular formula is C14H13N5O2. The molecular weight excluding hydrogens is 270 g/mol. The van der Waals surface area contributed by atoms with Crippen molar-refractivity contribution in [3.63, 3.8) is 0 Å². The molecule has 0 saturated heterocycles. The van der Waals surface area contributed by atoms with Crippen molar-refractivity contribution >= 4 is 28.6 Å². The van der Waals surface area contributed by atoms with Gasteiger partial charge in [0.05, 0.1) is 16.8 Å². The Labute approximate surface area is 120 Å². The number of nitrogens with zero attached hydrogens (tertiary/aromatic N) is 2. The van der Waals surface area contributed by atoms with Gasteiger partial charge in [-0.15, -0.1) is 0 Å². The molecule has 0 fully saturated rings. The van der Waals surface area contributed by atoms with E-state index >= 15 is 0 Å². The number of carbonyl (C=O) groups excluding carboxylic acids is 1. The third-order valence-corrected chi connectivity index (χ3v) is 2.95. The monoisotopic (exact) mass is 283 g/mol. The molecule has 7 heteroatoms. The van der Waals surface area contributed by atoms with E-state index in [4.69, 9.17) is 10.3 Å². The molecule has 4 N–H and O–H groups in total. The Morgan fingerprint density at radius 3 is 2.81 bits per heavy atom. The largest absolute Gasteiger partial charge is 0.432 e. The lowest BCUT2D eigenvalue weighted by molar-refractivity contribution is 0.102. The zero-order chi connectivity index (χ0) is 14.8. The normalized spacial score (nSPS) is 10.6. The van der Waals surface area contributed by atoms with Crippen LogP contribution in [0.4, 0.5) is 11.8 Å². The summed E-state index contributed by atoms with van der Waals surface area (Å²) < 4.78 is 5.13. The second kappa shape index (κ2) is 5.22. The van der Waals surface area contributed by atoms with E-state index in [2.05, 4.69) is 20.7 Å². The van der Waals surface area contributed by atoms with Gasteiger partial charge in [-0.1, -0.05) is 18.2 Å². The average Bonchev–Trinajstić information content (AvgIpc) is 2.91. The Hall–Kier alpha value is -2.93. The smallest absolute Gasteiger partial charge is 0.301 e. The second-order valence-corrected chi connectivity index (χ2v) is 4.46. The van der Waals surface area contributed by atoms with Crippen LogP contribution in [0.3, 0.4) is 0 Å². The molecule has 0 saturated carbocycles. The van der Waals surface area contributed by atoms with Crippen LogP contribution < -0.4 is 16.6 Å². The maximum absolute atomic E-state index is 12.4. The van der Waals surface area contributed by atoms with Crippen molar-refractivity contribution in [2.24, 2.45) is 5.84 Å².